The Hall–Kier alpha value is -3.92. The minimum Gasteiger partial charge on any atom is -0.353 e. The van der Waals surface area contributed by atoms with Gasteiger partial charge in [-0.25, -0.2) is 15.0 Å². The Balaban J connectivity index is 1.26. The van der Waals surface area contributed by atoms with Crippen LogP contribution >= 0.6 is 11.3 Å². The standard InChI is InChI=1S/C23H22N8OS/c1-16-20(33-22(27-16)17-5-4-8-24-15-17)21(32)29-23-26-10-7-19(28-23)31-13-11-30(12-14-31)18-6-2-3-9-25-18/h2-10,15H,11-14H2,1H3,(H,26,28,29,32). The molecule has 33 heavy (non-hydrogen) atoms. The average Bonchev–Trinajstić information content (AvgIpc) is 3.27. The molecule has 1 saturated heterocycles. The topological polar surface area (TPSA) is 100 Å². The van der Waals surface area contributed by atoms with Crippen molar-refractivity contribution in [1.82, 2.24) is 24.9 Å². The molecule has 0 saturated carbocycles. The van der Waals surface area contributed by atoms with Gasteiger partial charge < -0.3 is 9.80 Å². The van der Waals surface area contributed by atoms with Crippen molar-refractivity contribution in [2.45, 2.75) is 6.92 Å². The minimum atomic E-state index is -0.266. The highest BCUT2D eigenvalue weighted by atomic mass is 32.1. The fourth-order valence-electron chi connectivity index (χ4n) is 3.67. The van der Waals surface area contributed by atoms with E-state index in [1.54, 1.807) is 18.6 Å². The molecule has 1 N–H and O–H groups in total. The third-order valence-corrected chi connectivity index (χ3v) is 6.56. The number of rotatable bonds is 5. The van der Waals surface area contributed by atoms with Crippen molar-refractivity contribution in [1.29, 1.82) is 0 Å². The second-order valence-corrected chi connectivity index (χ2v) is 8.53. The molecule has 1 amide bonds. The van der Waals surface area contributed by atoms with Crippen LogP contribution in [0.25, 0.3) is 10.6 Å². The van der Waals surface area contributed by atoms with Crippen LogP contribution in [-0.4, -0.2) is 57.0 Å². The van der Waals surface area contributed by atoms with Gasteiger partial charge in [-0.1, -0.05) is 6.07 Å². The third kappa shape index (κ3) is 4.65. The number of hydrogen-bond donors (Lipinski definition) is 1. The zero-order valence-electron chi connectivity index (χ0n) is 18.0. The van der Waals surface area contributed by atoms with Gasteiger partial charge in [-0.15, -0.1) is 11.3 Å². The molecule has 0 unspecified atom stereocenters. The molecule has 4 aromatic rings. The maximum Gasteiger partial charge on any atom is 0.270 e. The molecular weight excluding hydrogens is 436 g/mol. The van der Waals surface area contributed by atoms with Crippen LogP contribution in [0.1, 0.15) is 15.4 Å². The highest BCUT2D eigenvalue weighted by Gasteiger charge is 2.21. The molecule has 0 bridgehead atoms. The summed E-state index contributed by atoms with van der Waals surface area (Å²) in [6.07, 6.45) is 6.93. The van der Waals surface area contributed by atoms with Gasteiger partial charge in [0.25, 0.3) is 5.91 Å². The lowest BCUT2D eigenvalue weighted by Gasteiger charge is -2.36. The molecular formula is C23H22N8OS. The van der Waals surface area contributed by atoms with E-state index in [2.05, 4.69) is 40.0 Å². The van der Waals surface area contributed by atoms with E-state index in [4.69, 9.17) is 0 Å². The molecule has 1 aliphatic rings. The van der Waals surface area contributed by atoms with Crippen LogP contribution in [0.2, 0.25) is 0 Å². The monoisotopic (exact) mass is 458 g/mol. The van der Waals surface area contributed by atoms with Crippen molar-refractivity contribution < 1.29 is 4.79 Å². The number of aromatic nitrogens is 5. The van der Waals surface area contributed by atoms with Crippen molar-refractivity contribution in [3.05, 3.63) is 71.8 Å². The summed E-state index contributed by atoms with van der Waals surface area (Å²) in [6.45, 7) is 5.14. The predicted octanol–water partition coefficient (Wildman–Crippen LogP) is 3.28. The quantitative estimate of drug-likeness (QED) is 0.486. The van der Waals surface area contributed by atoms with E-state index in [0.29, 0.717) is 10.6 Å². The summed E-state index contributed by atoms with van der Waals surface area (Å²) >= 11 is 1.33. The molecule has 0 aromatic carbocycles. The van der Waals surface area contributed by atoms with Gasteiger partial charge >= 0.3 is 0 Å². The smallest absolute Gasteiger partial charge is 0.270 e. The lowest BCUT2D eigenvalue weighted by atomic mass is 10.3. The number of hydrogen-bond acceptors (Lipinski definition) is 9. The molecule has 5 rings (SSSR count). The Morgan fingerprint density at radius 1 is 0.909 bits per heavy atom. The molecule has 0 atom stereocenters. The number of anilines is 3. The number of amides is 1. The summed E-state index contributed by atoms with van der Waals surface area (Å²) in [6, 6.07) is 11.6. The molecule has 9 nitrogen and oxygen atoms in total. The number of pyridine rings is 2. The Bertz CT molecular complexity index is 1240. The maximum absolute atomic E-state index is 12.9. The number of aryl methyl sites for hydroxylation is 1. The molecule has 1 fully saturated rings. The predicted molar refractivity (Wildman–Crippen MR) is 129 cm³/mol. The fraction of sp³-hybridized carbons (Fsp3) is 0.217. The average molecular weight is 459 g/mol. The van der Waals surface area contributed by atoms with Crippen LogP contribution in [0, 0.1) is 6.92 Å². The third-order valence-electron chi connectivity index (χ3n) is 5.35. The van der Waals surface area contributed by atoms with Gasteiger partial charge in [-0.2, -0.15) is 4.98 Å². The Labute approximate surface area is 195 Å². The van der Waals surface area contributed by atoms with Crippen LogP contribution in [0.4, 0.5) is 17.6 Å². The van der Waals surface area contributed by atoms with Gasteiger partial charge in [0.2, 0.25) is 5.95 Å². The van der Waals surface area contributed by atoms with E-state index >= 15 is 0 Å². The summed E-state index contributed by atoms with van der Waals surface area (Å²) in [5.41, 5.74) is 1.55. The van der Waals surface area contributed by atoms with Crippen LogP contribution in [0.3, 0.4) is 0 Å². The highest BCUT2D eigenvalue weighted by molar-refractivity contribution is 7.17. The molecule has 10 heteroatoms. The Morgan fingerprint density at radius 3 is 2.45 bits per heavy atom. The van der Waals surface area contributed by atoms with Gasteiger partial charge in [0.15, 0.2) is 0 Å². The van der Waals surface area contributed by atoms with Crippen LogP contribution < -0.4 is 15.1 Å². The van der Waals surface area contributed by atoms with E-state index in [0.717, 1.165) is 48.4 Å². The summed E-state index contributed by atoms with van der Waals surface area (Å²) in [5.74, 6) is 1.79. The second kappa shape index (κ2) is 9.29. The molecule has 0 aliphatic carbocycles. The lowest BCUT2D eigenvalue weighted by Crippen LogP contribution is -2.47. The molecule has 5 heterocycles. The Kier molecular flexibility index (Phi) is 5.90. The Morgan fingerprint density at radius 2 is 1.73 bits per heavy atom. The number of nitrogens with zero attached hydrogens (tertiary/aromatic N) is 7. The summed E-state index contributed by atoms with van der Waals surface area (Å²) in [4.78, 5) is 39.8. The van der Waals surface area contributed by atoms with Crippen molar-refractivity contribution in [2.24, 2.45) is 0 Å². The van der Waals surface area contributed by atoms with E-state index in [1.165, 1.54) is 11.3 Å². The van der Waals surface area contributed by atoms with Crippen LogP contribution in [0.15, 0.2) is 61.2 Å². The van der Waals surface area contributed by atoms with Crippen molar-refractivity contribution in [2.75, 3.05) is 41.3 Å². The van der Waals surface area contributed by atoms with E-state index in [1.807, 2.05) is 49.5 Å². The minimum absolute atomic E-state index is 0.266. The summed E-state index contributed by atoms with van der Waals surface area (Å²) < 4.78 is 0. The highest BCUT2D eigenvalue weighted by Crippen LogP contribution is 2.28. The first-order chi connectivity index (χ1) is 16.2. The molecule has 0 radical (unpaired) electrons. The molecule has 0 spiro atoms. The largest absolute Gasteiger partial charge is 0.353 e. The van der Waals surface area contributed by atoms with Crippen LogP contribution in [0.5, 0.6) is 0 Å². The zero-order valence-corrected chi connectivity index (χ0v) is 18.9. The van der Waals surface area contributed by atoms with Gasteiger partial charge in [0, 0.05) is 56.5 Å². The van der Waals surface area contributed by atoms with Crippen molar-refractivity contribution in [3.8, 4) is 10.6 Å². The number of nitrogens with one attached hydrogen (secondary N) is 1. The van der Waals surface area contributed by atoms with E-state index in [-0.39, 0.29) is 11.9 Å². The summed E-state index contributed by atoms with van der Waals surface area (Å²) in [5, 5.41) is 3.58. The first-order valence-corrected chi connectivity index (χ1v) is 11.4. The normalized spacial score (nSPS) is 13.7. The van der Waals surface area contributed by atoms with Gasteiger partial charge in [-0.3, -0.25) is 15.1 Å². The molecule has 1 aliphatic heterocycles. The maximum atomic E-state index is 12.9. The fourth-order valence-corrected chi connectivity index (χ4v) is 4.62. The number of carbonyl (C=O) groups excluding carboxylic acids is 1. The van der Waals surface area contributed by atoms with Gasteiger partial charge in [0.1, 0.15) is 21.5 Å². The lowest BCUT2D eigenvalue weighted by molar-refractivity contribution is 0.102. The SMILES string of the molecule is Cc1nc(-c2cccnc2)sc1C(=O)Nc1nccc(N2CCN(c3ccccn3)CC2)n1. The molecule has 4 aromatic heterocycles. The summed E-state index contributed by atoms with van der Waals surface area (Å²) in [7, 11) is 0. The van der Waals surface area contributed by atoms with E-state index < -0.39 is 0 Å². The van der Waals surface area contributed by atoms with Gasteiger partial charge in [-0.05, 0) is 37.3 Å². The van der Waals surface area contributed by atoms with Crippen molar-refractivity contribution in [3.63, 3.8) is 0 Å². The van der Waals surface area contributed by atoms with Gasteiger partial charge in [0.05, 0.1) is 5.69 Å². The number of piperazine rings is 1. The first kappa shape index (κ1) is 21.0. The van der Waals surface area contributed by atoms with Crippen LogP contribution in [-0.2, 0) is 0 Å². The van der Waals surface area contributed by atoms with E-state index in [9.17, 15) is 4.79 Å². The number of thiazole rings is 1. The first-order valence-electron chi connectivity index (χ1n) is 10.6. The number of carbonyl (C=O) groups is 1. The molecule has 166 valence electrons. The van der Waals surface area contributed by atoms with Crippen molar-refractivity contribution >= 4 is 34.8 Å². The zero-order chi connectivity index (χ0) is 22.6. The second-order valence-electron chi connectivity index (χ2n) is 7.53.